The van der Waals surface area contributed by atoms with Gasteiger partial charge in [-0.3, -0.25) is 19.8 Å². The highest BCUT2D eigenvalue weighted by molar-refractivity contribution is 5.73. The highest BCUT2D eigenvalue weighted by Crippen LogP contribution is 2.20. The van der Waals surface area contributed by atoms with Crippen LogP contribution in [0.1, 0.15) is 45.4 Å². The monoisotopic (exact) mass is 396 g/mol. The zero-order chi connectivity index (χ0) is 19.7. The second kappa shape index (κ2) is 8.93. The molecule has 28 heavy (non-hydrogen) atoms. The van der Waals surface area contributed by atoms with Gasteiger partial charge in [-0.25, -0.2) is 0 Å². The van der Waals surface area contributed by atoms with E-state index < -0.39 is 0 Å². The number of quaternary nitrogens is 2. The summed E-state index contributed by atoms with van der Waals surface area (Å²) in [6.45, 7) is 5.91. The topological polar surface area (TPSA) is 77.9 Å². The van der Waals surface area contributed by atoms with Gasteiger partial charge in [-0.15, -0.1) is 0 Å². The van der Waals surface area contributed by atoms with Crippen molar-refractivity contribution >= 4 is 5.91 Å². The van der Waals surface area contributed by atoms with E-state index in [-0.39, 0.29) is 18.3 Å². The molecular weight excluding hydrogens is 356 g/mol. The third kappa shape index (κ3) is 4.37. The highest BCUT2D eigenvalue weighted by atomic mass is 16.7. The van der Waals surface area contributed by atoms with E-state index in [1.807, 2.05) is 4.90 Å². The lowest BCUT2D eigenvalue weighted by Crippen LogP contribution is -3.19. The van der Waals surface area contributed by atoms with Gasteiger partial charge in [-0.1, -0.05) is 0 Å². The third-order valence-electron chi connectivity index (χ3n) is 7.63. The van der Waals surface area contributed by atoms with Gasteiger partial charge in [-0.05, 0) is 20.5 Å². The summed E-state index contributed by atoms with van der Waals surface area (Å²) < 4.78 is 0. The summed E-state index contributed by atoms with van der Waals surface area (Å²) in [6, 6.07) is 1.19. The molecule has 4 aliphatic rings. The highest BCUT2D eigenvalue weighted by Gasteiger charge is 2.46. The van der Waals surface area contributed by atoms with Crippen LogP contribution in [0.4, 0.5) is 0 Å². The third-order valence-corrected chi connectivity index (χ3v) is 7.63. The summed E-state index contributed by atoms with van der Waals surface area (Å²) in [5.41, 5.74) is 3.33. The first kappa shape index (κ1) is 20.5. The molecule has 0 saturated carbocycles. The van der Waals surface area contributed by atoms with Crippen molar-refractivity contribution in [3.63, 3.8) is 0 Å². The number of nitrogens with zero attached hydrogens (tertiary/aromatic N) is 2. The molecule has 8 heteroatoms. The Bertz CT molecular complexity index is 531. The molecule has 5 unspecified atom stereocenters. The molecule has 4 aliphatic heterocycles. The Labute approximate surface area is 169 Å². The van der Waals surface area contributed by atoms with Crippen LogP contribution in [0.15, 0.2) is 0 Å². The molecular formula is C20H40N6O2+2. The standard InChI is InChI=1S/C20H38N6O2/c1-14(27)25-11-8-16(9-12-25)26-10-4-5-17(26)20-22-19(23-28-20)15-6-7-18(21-13-15)24(2)3/h15-23H,4-13H2,1-3H3/p+2/t15?,17-,18?,19?,20?/m0/s1. The first-order valence-corrected chi connectivity index (χ1v) is 11.3. The molecule has 6 atom stereocenters. The van der Waals surface area contributed by atoms with Crippen molar-refractivity contribution < 1.29 is 19.8 Å². The van der Waals surface area contributed by atoms with E-state index in [0.29, 0.717) is 24.2 Å². The molecule has 0 aromatic heterocycles. The minimum atomic E-state index is 0.111. The largest absolute Gasteiger partial charge is 0.342 e. The number of carbonyl (C=O) groups is 1. The molecule has 0 aromatic carbocycles. The first-order valence-electron chi connectivity index (χ1n) is 11.3. The van der Waals surface area contributed by atoms with Crippen LogP contribution in [-0.4, -0.2) is 86.6 Å². The van der Waals surface area contributed by atoms with Crippen LogP contribution >= 0.6 is 0 Å². The SMILES string of the molecule is CC(=O)N1CCC([NH+]2CCC[C@H]2C2NC(C3CCC(N(C)C)[NH2+]C3)NO2)CC1. The number of carbonyl (C=O) groups excluding carboxylic acids is 1. The summed E-state index contributed by atoms with van der Waals surface area (Å²) in [4.78, 5) is 23.7. The van der Waals surface area contributed by atoms with Gasteiger partial charge < -0.3 is 15.1 Å². The lowest BCUT2D eigenvalue weighted by molar-refractivity contribution is -0.942. The molecule has 4 rings (SSSR count). The summed E-state index contributed by atoms with van der Waals surface area (Å²) >= 11 is 0. The van der Waals surface area contributed by atoms with Gasteiger partial charge in [0.25, 0.3) is 0 Å². The Hall–Kier alpha value is -0.770. The van der Waals surface area contributed by atoms with Crippen molar-refractivity contribution in [2.24, 2.45) is 5.92 Å². The number of amides is 1. The average Bonchev–Trinajstić information content (AvgIpc) is 3.37. The summed E-state index contributed by atoms with van der Waals surface area (Å²) in [5, 5.41) is 6.26. The maximum atomic E-state index is 11.6. The van der Waals surface area contributed by atoms with Crippen LogP contribution in [0, 0.1) is 5.92 Å². The molecule has 8 nitrogen and oxygen atoms in total. The fourth-order valence-corrected chi connectivity index (χ4v) is 5.86. The lowest BCUT2D eigenvalue weighted by Gasteiger charge is -2.37. The van der Waals surface area contributed by atoms with E-state index in [4.69, 9.17) is 4.84 Å². The average molecular weight is 397 g/mol. The van der Waals surface area contributed by atoms with Gasteiger partial charge in [0.05, 0.1) is 25.3 Å². The number of hydroxylamine groups is 1. The van der Waals surface area contributed by atoms with Crippen LogP contribution in [0.3, 0.4) is 0 Å². The molecule has 1 amide bonds. The Morgan fingerprint density at radius 1 is 1.18 bits per heavy atom. The molecule has 0 bridgehead atoms. The van der Waals surface area contributed by atoms with Crippen molar-refractivity contribution in [3.8, 4) is 0 Å². The number of nitrogens with two attached hydrogens (primary N) is 1. The van der Waals surface area contributed by atoms with E-state index in [2.05, 4.69) is 35.1 Å². The van der Waals surface area contributed by atoms with E-state index >= 15 is 0 Å². The van der Waals surface area contributed by atoms with Gasteiger partial charge in [0, 0.05) is 58.0 Å². The molecule has 0 aromatic rings. The van der Waals surface area contributed by atoms with E-state index in [0.717, 1.165) is 32.5 Å². The zero-order valence-corrected chi connectivity index (χ0v) is 17.8. The predicted octanol–water partition coefficient (Wildman–Crippen LogP) is -2.32. The van der Waals surface area contributed by atoms with Gasteiger partial charge in [0.2, 0.25) is 5.91 Å². The van der Waals surface area contributed by atoms with Crippen LogP contribution < -0.4 is 21.0 Å². The van der Waals surface area contributed by atoms with Crippen LogP contribution in [-0.2, 0) is 9.63 Å². The molecule has 0 aliphatic carbocycles. The number of piperidine rings is 2. The van der Waals surface area contributed by atoms with Crippen molar-refractivity contribution in [2.75, 3.05) is 40.3 Å². The molecule has 5 N–H and O–H groups in total. The Kier molecular flexibility index (Phi) is 6.54. The molecule has 4 heterocycles. The number of rotatable bonds is 4. The van der Waals surface area contributed by atoms with Gasteiger partial charge in [0.15, 0.2) is 6.23 Å². The van der Waals surface area contributed by atoms with Crippen LogP contribution in [0.5, 0.6) is 0 Å². The van der Waals surface area contributed by atoms with E-state index in [1.165, 1.54) is 32.2 Å². The molecule has 0 spiro atoms. The van der Waals surface area contributed by atoms with Crippen molar-refractivity contribution in [2.45, 2.75) is 76.1 Å². The Balaban J connectivity index is 1.28. The molecule has 4 saturated heterocycles. The predicted molar refractivity (Wildman–Crippen MR) is 106 cm³/mol. The molecule has 4 fully saturated rings. The maximum Gasteiger partial charge on any atom is 0.219 e. The fraction of sp³-hybridized carbons (Fsp3) is 0.950. The first-order chi connectivity index (χ1) is 13.5. The maximum absolute atomic E-state index is 11.6. The quantitative estimate of drug-likeness (QED) is 0.429. The molecule has 160 valence electrons. The second-order valence-electron chi connectivity index (χ2n) is 9.49. The fourth-order valence-electron chi connectivity index (χ4n) is 5.86. The van der Waals surface area contributed by atoms with E-state index in [1.54, 1.807) is 11.8 Å². The summed E-state index contributed by atoms with van der Waals surface area (Å²) in [5.74, 6) is 0.838. The van der Waals surface area contributed by atoms with Crippen molar-refractivity contribution in [1.29, 1.82) is 0 Å². The zero-order valence-electron chi connectivity index (χ0n) is 17.8. The summed E-state index contributed by atoms with van der Waals surface area (Å²) in [7, 11) is 4.34. The second-order valence-corrected chi connectivity index (χ2v) is 9.49. The number of likely N-dealkylation sites (tertiary alicyclic amines) is 2. The van der Waals surface area contributed by atoms with E-state index in [9.17, 15) is 4.79 Å². The van der Waals surface area contributed by atoms with Crippen molar-refractivity contribution in [1.82, 2.24) is 20.6 Å². The molecule has 0 radical (unpaired) electrons. The smallest absolute Gasteiger partial charge is 0.219 e. The van der Waals surface area contributed by atoms with Crippen molar-refractivity contribution in [3.05, 3.63) is 0 Å². The number of hydrogen-bond acceptors (Lipinski definition) is 5. The number of nitrogens with one attached hydrogen (secondary N) is 3. The minimum absolute atomic E-state index is 0.111. The summed E-state index contributed by atoms with van der Waals surface area (Å²) in [6.07, 6.45) is 8.23. The number of hydrogen-bond donors (Lipinski definition) is 4. The van der Waals surface area contributed by atoms with Gasteiger partial charge in [-0.2, -0.15) is 5.48 Å². The normalized spacial score (nSPS) is 40.4. The van der Waals surface area contributed by atoms with Gasteiger partial charge >= 0.3 is 0 Å². The Morgan fingerprint density at radius 3 is 2.61 bits per heavy atom. The van der Waals surface area contributed by atoms with Gasteiger partial charge in [0.1, 0.15) is 12.2 Å². The Morgan fingerprint density at radius 2 is 1.96 bits per heavy atom. The van der Waals surface area contributed by atoms with Crippen LogP contribution in [0.2, 0.25) is 0 Å². The lowest BCUT2D eigenvalue weighted by atomic mass is 9.94. The van der Waals surface area contributed by atoms with Crippen LogP contribution in [0.25, 0.3) is 0 Å². The minimum Gasteiger partial charge on any atom is -0.342 e.